The standard InChI is InChI=1S/C13H17N5O3/c1-13(2,3)9(7-11(20)21)18-12(15-16-17-18)8-5-4-6-10(19)14-8/h4-6,9H,7H2,1-3H3,(H,14,19)(H,20,21). The summed E-state index contributed by atoms with van der Waals surface area (Å²) in [6.07, 6.45) is -0.112. The Morgan fingerprint density at radius 2 is 2.14 bits per heavy atom. The molecular formula is C13H17N5O3. The number of carboxylic acid groups (broad SMARTS) is 1. The molecule has 0 aliphatic heterocycles. The van der Waals surface area contributed by atoms with Gasteiger partial charge in [-0.2, -0.15) is 0 Å². The molecule has 8 heteroatoms. The number of aromatic amines is 1. The zero-order valence-corrected chi connectivity index (χ0v) is 12.1. The second kappa shape index (κ2) is 5.47. The fourth-order valence-corrected chi connectivity index (χ4v) is 2.08. The van der Waals surface area contributed by atoms with Gasteiger partial charge in [0.05, 0.1) is 18.2 Å². The molecule has 0 aromatic carbocycles. The number of tetrazole rings is 1. The van der Waals surface area contributed by atoms with Crippen molar-refractivity contribution in [2.75, 3.05) is 0 Å². The lowest BCUT2D eigenvalue weighted by Gasteiger charge is -2.29. The van der Waals surface area contributed by atoms with Gasteiger partial charge in [0.15, 0.2) is 5.82 Å². The number of carbonyl (C=O) groups is 1. The maximum Gasteiger partial charge on any atom is 0.305 e. The number of nitrogens with one attached hydrogen (secondary N) is 1. The number of hydrogen-bond donors (Lipinski definition) is 2. The van der Waals surface area contributed by atoms with Crippen molar-refractivity contribution in [2.45, 2.75) is 33.2 Å². The van der Waals surface area contributed by atoms with E-state index in [0.717, 1.165) is 0 Å². The summed E-state index contributed by atoms with van der Waals surface area (Å²) >= 11 is 0. The zero-order chi connectivity index (χ0) is 15.6. The first kappa shape index (κ1) is 14.9. The van der Waals surface area contributed by atoms with Gasteiger partial charge in [0.2, 0.25) is 5.56 Å². The summed E-state index contributed by atoms with van der Waals surface area (Å²) in [6.45, 7) is 5.75. The van der Waals surface area contributed by atoms with Gasteiger partial charge in [0.1, 0.15) is 0 Å². The first-order valence-electron chi connectivity index (χ1n) is 6.48. The number of H-pyrrole nitrogens is 1. The minimum Gasteiger partial charge on any atom is -0.481 e. The topological polar surface area (TPSA) is 114 Å². The monoisotopic (exact) mass is 291 g/mol. The number of hydrogen-bond acceptors (Lipinski definition) is 5. The van der Waals surface area contributed by atoms with E-state index in [0.29, 0.717) is 11.5 Å². The molecule has 8 nitrogen and oxygen atoms in total. The Morgan fingerprint density at radius 3 is 2.71 bits per heavy atom. The van der Waals surface area contributed by atoms with Gasteiger partial charge < -0.3 is 10.1 Å². The van der Waals surface area contributed by atoms with Crippen molar-refractivity contribution in [3.63, 3.8) is 0 Å². The quantitative estimate of drug-likeness (QED) is 0.871. The summed E-state index contributed by atoms with van der Waals surface area (Å²) in [6, 6.07) is 4.21. The molecule has 0 aliphatic carbocycles. The second-order valence-electron chi connectivity index (χ2n) is 5.86. The first-order chi connectivity index (χ1) is 9.79. The van der Waals surface area contributed by atoms with Gasteiger partial charge in [0.25, 0.3) is 0 Å². The van der Waals surface area contributed by atoms with Crippen molar-refractivity contribution in [3.05, 3.63) is 28.6 Å². The number of aromatic nitrogens is 5. The highest BCUT2D eigenvalue weighted by atomic mass is 16.4. The molecule has 0 bridgehead atoms. The Bertz CT molecular complexity index is 698. The molecule has 112 valence electrons. The Balaban J connectivity index is 2.51. The van der Waals surface area contributed by atoms with Crippen LogP contribution < -0.4 is 5.56 Å². The lowest BCUT2D eigenvalue weighted by Crippen LogP contribution is -2.28. The lowest BCUT2D eigenvalue weighted by molar-refractivity contribution is -0.138. The van der Waals surface area contributed by atoms with E-state index in [4.69, 9.17) is 5.11 Å². The SMILES string of the molecule is CC(C)(C)C(CC(=O)O)n1nnnc1-c1cccc(=O)[nH]1. The van der Waals surface area contributed by atoms with Crippen LogP contribution in [0.5, 0.6) is 0 Å². The molecule has 2 aromatic rings. The molecule has 2 rings (SSSR count). The maximum atomic E-state index is 11.4. The summed E-state index contributed by atoms with van der Waals surface area (Å²) in [5.74, 6) is -0.591. The van der Waals surface area contributed by atoms with Crippen molar-refractivity contribution >= 4 is 5.97 Å². The van der Waals surface area contributed by atoms with Crippen molar-refractivity contribution < 1.29 is 9.90 Å². The third-order valence-corrected chi connectivity index (χ3v) is 3.16. The highest BCUT2D eigenvalue weighted by molar-refractivity contribution is 5.67. The number of rotatable bonds is 4. The predicted molar refractivity (Wildman–Crippen MR) is 74.6 cm³/mol. The van der Waals surface area contributed by atoms with Crippen LogP contribution >= 0.6 is 0 Å². The summed E-state index contributed by atoms with van der Waals surface area (Å²) in [4.78, 5) is 25.2. The van der Waals surface area contributed by atoms with Gasteiger partial charge in [-0.3, -0.25) is 9.59 Å². The van der Waals surface area contributed by atoms with Crippen molar-refractivity contribution in [1.29, 1.82) is 0 Å². The number of nitrogens with zero attached hydrogens (tertiary/aromatic N) is 4. The van der Waals surface area contributed by atoms with E-state index in [1.165, 1.54) is 10.7 Å². The van der Waals surface area contributed by atoms with E-state index in [1.54, 1.807) is 12.1 Å². The van der Waals surface area contributed by atoms with Gasteiger partial charge in [-0.05, 0) is 21.9 Å². The van der Waals surface area contributed by atoms with Gasteiger partial charge >= 0.3 is 5.97 Å². The average Bonchev–Trinajstić information content (AvgIpc) is 2.83. The van der Waals surface area contributed by atoms with Crippen LogP contribution in [-0.4, -0.2) is 36.3 Å². The van der Waals surface area contributed by atoms with Gasteiger partial charge in [-0.15, -0.1) is 5.10 Å². The van der Waals surface area contributed by atoms with Crippen LogP contribution in [0.25, 0.3) is 11.5 Å². The van der Waals surface area contributed by atoms with Crippen LogP contribution in [0.4, 0.5) is 0 Å². The van der Waals surface area contributed by atoms with Crippen LogP contribution in [0.15, 0.2) is 23.0 Å². The fraction of sp³-hybridized carbons (Fsp3) is 0.462. The van der Waals surface area contributed by atoms with E-state index in [-0.39, 0.29) is 17.4 Å². The van der Waals surface area contributed by atoms with Crippen LogP contribution in [-0.2, 0) is 4.79 Å². The molecule has 0 amide bonds. The minimum atomic E-state index is -0.932. The van der Waals surface area contributed by atoms with Crippen LogP contribution in [0.1, 0.15) is 33.2 Å². The molecule has 0 spiro atoms. The van der Waals surface area contributed by atoms with Crippen LogP contribution in [0.3, 0.4) is 0 Å². The molecule has 0 aliphatic rings. The maximum absolute atomic E-state index is 11.4. The predicted octanol–water partition coefficient (Wildman–Crippen LogP) is 1.09. The van der Waals surface area contributed by atoms with Gasteiger partial charge in [-0.1, -0.05) is 26.8 Å². The second-order valence-corrected chi connectivity index (χ2v) is 5.86. The van der Waals surface area contributed by atoms with Crippen LogP contribution in [0, 0.1) is 5.41 Å². The normalized spacial score (nSPS) is 13.1. The molecule has 2 aromatic heterocycles. The summed E-state index contributed by atoms with van der Waals surface area (Å²) in [7, 11) is 0. The highest BCUT2D eigenvalue weighted by Crippen LogP contribution is 2.34. The molecule has 1 unspecified atom stereocenters. The highest BCUT2D eigenvalue weighted by Gasteiger charge is 2.32. The summed E-state index contributed by atoms with van der Waals surface area (Å²) < 4.78 is 1.46. The average molecular weight is 291 g/mol. The summed E-state index contributed by atoms with van der Waals surface area (Å²) in [5.41, 5.74) is -0.183. The van der Waals surface area contributed by atoms with Crippen molar-refractivity contribution in [1.82, 2.24) is 25.2 Å². The van der Waals surface area contributed by atoms with Crippen LogP contribution in [0.2, 0.25) is 0 Å². The molecule has 0 radical (unpaired) electrons. The Kier molecular flexibility index (Phi) is 3.88. The fourth-order valence-electron chi connectivity index (χ4n) is 2.08. The molecule has 21 heavy (non-hydrogen) atoms. The molecular weight excluding hydrogens is 274 g/mol. The molecule has 0 fully saturated rings. The number of pyridine rings is 1. The molecule has 0 saturated carbocycles. The van der Waals surface area contributed by atoms with Gasteiger partial charge in [-0.25, -0.2) is 4.68 Å². The lowest BCUT2D eigenvalue weighted by atomic mass is 9.84. The molecule has 0 saturated heterocycles. The Hall–Kier alpha value is -2.51. The Labute approximate surface area is 120 Å². The third-order valence-electron chi connectivity index (χ3n) is 3.16. The van der Waals surface area contributed by atoms with E-state index < -0.39 is 12.0 Å². The smallest absolute Gasteiger partial charge is 0.305 e. The molecule has 2 N–H and O–H groups in total. The molecule has 1 atom stereocenters. The van der Waals surface area contributed by atoms with Gasteiger partial charge in [0, 0.05) is 6.07 Å². The van der Waals surface area contributed by atoms with E-state index in [2.05, 4.69) is 20.5 Å². The van der Waals surface area contributed by atoms with Crippen molar-refractivity contribution in [2.24, 2.45) is 5.41 Å². The first-order valence-corrected chi connectivity index (χ1v) is 6.48. The largest absolute Gasteiger partial charge is 0.481 e. The van der Waals surface area contributed by atoms with E-state index in [1.807, 2.05) is 20.8 Å². The molecule has 2 heterocycles. The van der Waals surface area contributed by atoms with E-state index in [9.17, 15) is 9.59 Å². The Morgan fingerprint density at radius 1 is 1.43 bits per heavy atom. The minimum absolute atomic E-state index is 0.112. The summed E-state index contributed by atoms with van der Waals surface area (Å²) in [5, 5.41) is 20.6. The number of carboxylic acids is 1. The van der Waals surface area contributed by atoms with Crippen molar-refractivity contribution in [3.8, 4) is 11.5 Å². The van der Waals surface area contributed by atoms with E-state index >= 15 is 0 Å². The number of aliphatic carboxylic acids is 1. The third kappa shape index (κ3) is 3.33. The zero-order valence-electron chi connectivity index (χ0n) is 12.1.